The van der Waals surface area contributed by atoms with Gasteiger partial charge in [-0.25, -0.2) is 4.98 Å². The summed E-state index contributed by atoms with van der Waals surface area (Å²) < 4.78 is 2.05. The predicted octanol–water partition coefficient (Wildman–Crippen LogP) is 6.52. The van der Waals surface area contributed by atoms with Crippen molar-refractivity contribution in [2.75, 3.05) is 0 Å². The van der Waals surface area contributed by atoms with E-state index in [-0.39, 0.29) is 5.75 Å². The van der Waals surface area contributed by atoms with Crippen LogP contribution in [0, 0.1) is 0 Å². The molecule has 6 rings (SSSR count). The Hall–Kier alpha value is -4.77. The van der Waals surface area contributed by atoms with Crippen molar-refractivity contribution in [3.8, 4) is 45.2 Å². The fourth-order valence-electron chi connectivity index (χ4n) is 4.27. The lowest BCUT2D eigenvalue weighted by molar-refractivity contribution is 0.477. The largest absolute Gasteiger partial charge is 0.507 e. The topological polar surface area (TPSA) is 63.8 Å². The summed E-state index contributed by atoms with van der Waals surface area (Å²) in [6.07, 6.45) is 5.46. The minimum Gasteiger partial charge on any atom is -0.507 e. The molecule has 0 fully saturated rings. The number of para-hydroxylation sites is 2. The lowest BCUT2D eigenvalue weighted by Crippen LogP contribution is -1.97. The highest BCUT2D eigenvalue weighted by molar-refractivity contribution is 5.95. The molecular weight excluding hydrogens is 420 g/mol. The molecular formula is C29H20N4O. The molecule has 0 bridgehead atoms. The standard InChI is InChI=1S/C29H20N4O/c34-27-15-5-4-13-23(27)29-32-28-24(18-30-19-26(28)33(29)22-11-2-1-3-12-22)20-9-8-10-21(17-20)25-14-6-7-16-31-25/h1-19,34H. The van der Waals surface area contributed by atoms with Crippen LogP contribution in [0.5, 0.6) is 5.75 Å². The highest BCUT2D eigenvalue weighted by Crippen LogP contribution is 2.37. The van der Waals surface area contributed by atoms with E-state index < -0.39 is 0 Å². The molecule has 0 aliphatic rings. The first kappa shape index (κ1) is 19.9. The van der Waals surface area contributed by atoms with E-state index in [4.69, 9.17) is 4.98 Å². The van der Waals surface area contributed by atoms with E-state index in [1.807, 2.05) is 89.8 Å². The Balaban J connectivity index is 1.61. The minimum absolute atomic E-state index is 0.182. The molecule has 0 unspecified atom stereocenters. The fraction of sp³-hybridized carbons (Fsp3) is 0. The Morgan fingerprint density at radius 3 is 2.29 bits per heavy atom. The van der Waals surface area contributed by atoms with Crippen molar-refractivity contribution in [1.82, 2.24) is 19.5 Å². The van der Waals surface area contributed by atoms with E-state index in [0.29, 0.717) is 11.4 Å². The number of nitrogens with zero attached hydrogens (tertiary/aromatic N) is 4. The number of benzene rings is 3. The van der Waals surface area contributed by atoms with Crippen molar-refractivity contribution >= 4 is 11.0 Å². The number of aromatic nitrogens is 4. The van der Waals surface area contributed by atoms with Crippen molar-refractivity contribution in [1.29, 1.82) is 0 Å². The summed E-state index contributed by atoms with van der Waals surface area (Å²) in [6, 6.07) is 31.4. The Morgan fingerprint density at radius 1 is 0.676 bits per heavy atom. The van der Waals surface area contributed by atoms with E-state index in [9.17, 15) is 5.11 Å². The van der Waals surface area contributed by atoms with Gasteiger partial charge in [0.05, 0.1) is 23.0 Å². The molecule has 0 spiro atoms. The second-order valence-electron chi connectivity index (χ2n) is 7.97. The van der Waals surface area contributed by atoms with Crippen LogP contribution < -0.4 is 0 Å². The molecule has 34 heavy (non-hydrogen) atoms. The minimum atomic E-state index is 0.182. The number of hydrogen-bond acceptors (Lipinski definition) is 4. The van der Waals surface area contributed by atoms with Crippen LogP contribution in [0.1, 0.15) is 0 Å². The molecule has 3 heterocycles. The molecule has 0 atom stereocenters. The first-order chi connectivity index (χ1) is 16.8. The highest BCUT2D eigenvalue weighted by atomic mass is 16.3. The number of phenolic OH excluding ortho intramolecular Hbond substituents is 1. The molecule has 162 valence electrons. The molecule has 0 saturated heterocycles. The number of hydrogen-bond donors (Lipinski definition) is 1. The Labute approximate surface area is 196 Å². The molecule has 0 amide bonds. The number of pyridine rings is 2. The average molecular weight is 441 g/mol. The smallest absolute Gasteiger partial charge is 0.149 e. The molecule has 3 aromatic heterocycles. The molecule has 1 N–H and O–H groups in total. The number of imidazole rings is 1. The fourth-order valence-corrected chi connectivity index (χ4v) is 4.27. The summed E-state index contributed by atoms with van der Waals surface area (Å²) >= 11 is 0. The van der Waals surface area contributed by atoms with E-state index in [1.54, 1.807) is 12.3 Å². The summed E-state index contributed by atoms with van der Waals surface area (Å²) in [5, 5.41) is 10.6. The molecule has 0 saturated carbocycles. The van der Waals surface area contributed by atoms with Crippen molar-refractivity contribution < 1.29 is 5.11 Å². The highest BCUT2D eigenvalue weighted by Gasteiger charge is 2.19. The Morgan fingerprint density at radius 2 is 1.47 bits per heavy atom. The molecule has 5 heteroatoms. The van der Waals surface area contributed by atoms with Crippen LogP contribution in [-0.2, 0) is 0 Å². The van der Waals surface area contributed by atoms with E-state index in [0.717, 1.165) is 39.1 Å². The quantitative estimate of drug-likeness (QED) is 0.339. The summed E-state index contributed by atoms with van der Waals surface area (Å²) in [4.78, 5) is 14.1. The van der Waals surface area contributed by atoms with Gasteiger partial charge in [-0.1, -0.05) is 54.6 Å². The van der Waals surface area contributed by atoms with Gasteiger partial charge in [-0.3, -0.25) is 14.5 Å². The monoisotopic (exact) mass is 440 g/mol. The maximum atomic E-state index is 10.6. The lowest BCUT2D eigenvalue weighted by atomic mass is 10.0. The molecule has 3 aromatic carbocycles. The van der Waals surface area contributed by atoms with Crippen molar-refractivity contribution in [3.05, 3.63) is 116 Å². The van der Waals surface area contributed by atoms with Gasteiger partial charge in [-0.2, -0.15) is 0 Å². The molecule has 6 aromatic rings. The van der Waals surface area contributed by atoms with Crippen molar-refractivity contribution in [2.24, 2.45) is 0 Å². The van der Waals surface area contributed by atoms with Gasteiger partial charge in [-0.15, -0.1) is 0 Å². The van der Waals surface area contributed by atoms with Gasteiger partial charge in [0.15, 0.2) is 0 Å². The SMILES string of the molecule is Oc1ccccc1-c1nc2c(-c3cccc(-c4ccccn4)c3)cncc2n1-c1ccccc1. The van der Waals surface area contributed by atoms with E-state index in [1.165, 1.54) is 0 Å². The average Bonchev–Trinajstić information content (AvgIpc) is 3.29. The maximum Gasteiger partial charge on any atom is 0.149 e. The van der Waals surface area contributed by atoms with Crippen LogP contribution >= 0.6 is 0 Å². The molecule has 5 nitrogen and oxygen atoms in total. The molecule has 0 aliphatic heterocycles. The summed E-state index contributed by atoms with van der Waals surface area (Å²) in [7, 11) is 0. The zero-order chi connectivity index (χ0) is 22.9. The van der Waals surface area contributed by atoms with Gasteiger partial charge in [0.25, 0.3) is 0 Å². The predicted molar refractivity (Wildman–Crippen MR) is 135 cm³/mol. The van der Waals surface area contributed by atoms with Gasteiger partial charge in [0.1, 0.15) is 17.1 Å². The second kappa shape index (κ2) is 8.30. The van der Waals surface area contributed by atoms with Crippen molar-refractivity contribution in [3.63, 3.8) is 0 Å². The molecule has 0 aliphatic carbocycles. The Bertz CT molecular complexity index is 1610. The van der Waals surface area contributed by atoms with Crippen LogP contribution in [0.2, 0.25) is 0 Å². The van der Waals surface area contributed by atoms with E-state index >= 15 is 0 Å². The van der Waals surface area contributed by atoms with Gasteiger partial charge in [0.2, 0.25) is 0 Å². The van der Waals surface area contributed by atoms with Crippen LogP contribution in [-0.4, -0.2) is 24.6 Å². The first-order valence-electron chi connectivity index (χ1n) is 11.0. The van der Waals surface area contributed by atoms with Crippen molar-refractivity contribution in [2.45, 2.75) is 0 Å². The van der Waals surface area contributed by atoms with Crippen LogP contribution in [0.15, 0.2) is 116 Å². The summed E-state index contributed by atoms with van der Waals surface area (Å²) in [5.41, 5.74) is 7.15. The normalized spacial score (nSPS) is 11.1. The number of phenols is 1. The van der Waals surface area contributed by atoms with Crippen LogP contribution in [0.25, 0.3) is 50.5 Å². The third-order valence-corrected chi connectivity index (χ3v) is 5.86. The number of aromatic hydroxyl groups is 1. The van der Waals surface area contributed by atoms with Gasteiger partial charge in [0, 0.05) is 29.2 Å². The first-order valence-corrected chi connectivity index (χ1v) is 11.0. The molecule has 0 radical (unpaired) electrons. The van der Waals surface area contributed by atoms with E-state index in [2.05, 4.69) is 28.2 Å². The maximum absolute atomic E-state index is 10.6. The summed E-state index contributed by atoms with van der Waals surface area (Å²) in [6.45, 7) is 0. The van der Waals surface area contributed by atoms with Crippen LogP contribution in [0.3, 0.4) is 0 Å². The third-order valence-electron chi connectivity index (χ3n) is 5.86. The van der Waals surface area contributed by atoms with Crippen LogP contribution in [0.4, 0.5) is 0 Å². The number of fused-ring (bicyclic) bond motifs is 1. The zero-order valence-corrected chi connectivity index (χ0v) is 18.2. The zero-order valence-electron chi connectivity index (χ0n) is 18.2. The Kier molecular flexibility index (Phi) is 4.85. The lowest BCUT2D eigenvalue weighted by Gasteiger charge is -2.10. The number of rotatable bonds is 4. The summed E-state index contributed by atoms with van der Waals surface area (Å²) in [5.74, 6) is 0.844. The van der Waals surface area contributed by atoms with Gasteiger partial charge in [-0.05, 0) is 48.0 Å². The van der Waals surface area contributed by atoms with Gasteiger partial charge < -0.3 is 5.11 Å². The van der Waals surface area contributed by atoms with Gasteiger partial charge >= 0.3 is 0 Å². The second-order valence-corrected chi connectivity index (χ2v) is 7.97. The third kappa shape index (κ3) is 3.40.